The van der Waals surface area contributed by atoms with Gasteiger partial charge in [0.25, 0.3) is 0 Å². The topological polar surface area (TPSA) is 75.7 Å². The van der Waals surface area contributed by atoms with Crippen LogP contribution in [0, 0.1) is 0 Å². The zero-order chi connectivity index (χ0) is 18.9. The minimum absolute atomic E-state index is 0.0147. The average Bonchev–Trinajstić information content (AvgIpc) is 2.93. The molecule has 7 heteroatoms. The molecule has 1 aliphatic heterocycles. The first-order valence-corrected chi connectivity index (χ1v) is 11.0. The summed E-state index contributed by atoms with van der Waals surface area (Å²) in [6.45, 7) is 3.26. The van der Waals surface area contributed by atoms with Gasteiger partial charge < -0.3 is 10.1 Å². The molecule has 26 heavy (non-hydrogen) atoms. The van der Waals surface area contributed by atoms with Crippen LogP contribution in [0.3, 0.4) is 0 Å². The number of rotatable bonds is 5. The second-order valence-electron chi connectivity index (χ2n) is 7.59. The van der Waals surface area contributed by atoms with Gasteiger partial charge in [-0.2, -0.15) is 0 Å². The normalized spacial score (nSPS) is 29.3. The lowest BCUT2D eigenvalue weighted by Crippen LogP contribution is -2.54. The zero-order valence-corrected chi connectivity index (χ0v) is 16.5. The van der Waals surface area contributed by atoms with Crippen LogP contribution in [0.1, 0.15) is 38.2 Å². The maximum absolute atomic E-state index is 11.6. The first-order chi connectivity index (χ1) is 12.2. The number of ether oxygens (including phenoxy) is 1. The minimum atomic E-state index is -3.17. The standard InChI is InChI=1S/C19H28N2O4S/c1-14(22)20-16-8-9-19(25-2)10-11-21(18(19)12-16)13-15-4-6-17(7-5-15)26(3,23)24/h4-7,16,18H,8-13H2,1-3H3,(H,20,22)/t16-,18+,19-/m1/s1. The Morgan fingerprint density at radius 2 is 2.00 bits per heavy atom. The predicted molar refractivity (Wildman–Crippen MR) is 99.6 cm³/mol. The van der Waals surface area contributed by atoms with E-state index >= 15 is 0 Å². The molecule has 3 rings (SSSR count). The highest BCUT2D eigenvalue weighted by molar-refractivity contribution is 7.90. The third kappa shape index (κ3) is 3.94. The van der Waals surface area contributed by atoms with Crippen molar-refractivity contribution in [1.29, 1.82) is 0 Å². The van der Waals surface area contributed by atoms with Gasteiger partial charge in [0.2, 0.25) is 5.91 Å². The summed E-state index contributed by atoms with van der Waals surface area (Å²) in [7, 11) is -1.38. The highest BCUT2D eigenvalue weighted by atomic mass is 32.2. The van der Waals surface area contributed by atoms with E-state index in [0.29, 0.717) is 4.90 Å². The maximum atomic E-state index is 11.6. The quantitative estimate of drug-likeness (QED) is 0.842. The summed E-state index contributed by atoms with van der Waals surface area (Å²) in [5.74, 6) is 0.0147. The van der Waals surface area contributed by atoms with Crippen LogP contribution in [0.25, 0.3) is 0 Å². The Balaban J connectivity index is 1.74. The van der Waals surface area contributed by atoms with E-state index in [2.05, 4.69) is 10.2 Å². The number of carbonyl (C=O) groups excluding carboxylic acids is 1. The molecule has 0 aromatic heterocycles. The van der Waals surface area contributed by atoms with Crippen molar-refractivity contribution in [3.05, 3.63) is 29.8 Å². The molecule has 0 radical (unpaired) electrons. The lowest BCUT2D eigenvalue weighted by atomic mass is 9.78. The number of likely N-dealkylation sites (tertiary alicyclic amines) is 1. The van der Waals surface area contributed by atoms with Gasteiger partial charge >= 0.3 is 0 Å². The molecular weight excluding hydrogens is 352 g/mol. The van der Waals surface area contributed by atoms with Gasteiger partial charge in [0.05, 0.1) is 10.5 Å². The van der Waals surface area contributed by atoms with E-state index in [0.717, 1.165) is 44.3 Å². The van der Waals surface area contributed by atoms with Gasteiger partial charge in [-0.05, 0) is 43.4 Å². The highest BCUT2D eigenvalue weighted by Crippen LogP contribution is 2.43. The van der Waals surface area contributed by atoms with E-state index in [9.17, 15) is 13.2 Å². The Hall–Kier alpha value is -1.44. The van der Waals surface area contributed by atoms with Gasteiger partial charge in [-0.1, -0.05) is 12.1 Å². The molecule has 3 atom stereocenters. The van der Waals surface area contributed by atoms with E-state index < -0.39 is 9.84 Å². The molecule has 1 saturated heterocycles. The molecule has 1 aliphatic carbocycles. The first-order valence-electron chi connectivity index (χ1n) is 9.09. The molecule has 1 saturated carbocycles. The van der Waals surface area contributed by atoms with Crippen LogP contribution in [0.5, 0.6) is 0 Å². The van der Waals surface area contributed by atoms with Crippen molar-refractivity contribution in [3.63, 3.8) is 0 Å². The van der Waals surface area contributed by atoms with Crippen molar-refractivity contribution in [1.82, 2.24) is 10.2 Å². The smallest absolute Gasteiger partial charge is 0.217 e. The Bertz CT molecular complexity index is 762. The van der Waals surface area contributed by atoms with Crippen LogP contribution < -0.4 is 5.32 Å². The molecule has 6 nitrogen and oxygen atoms in total. The van der Waals surface area contributed by atoms with Gasteiger partial charge in [0.1, 0.15) is 0 Å². The lowest BCUT2D eigenvalue weighted by molar-refractivity contribution is -0.121. The number of amides is 1. The summed E-state index contributed by atoms with van der Waals surface area (Å²) in [4.78, 5) is 14.2. The second-order valence-corrected chi connectivity index (χ2v) is 9.61. The predicted octanol–water partition coefficient (Wildman–Crippen LogP) is 1.74. The Labute approximate surface area is 155 Å². The van der Waals surface area contributed by atoms with E-state index in [1.807, 2.05) is 12.1 Å². The summed E-state index contributed by atoms with van der Waals surface area (Å²) in [6.07, 6.45) is 4.99. The van der Waals surface area contributed by atoms with Crippen molar-refractivity contribution < 1.29 is 17.9 Å². The number of methoxy groups -OCH3 is 1. The summed E-state index contributed by atoms with van der Waals surface area (Å²) in [5.41, 5.74) is 0.952. The molecule has 1 aromatic rings. The molecule has 144 valence electrons. The Morgan fingerprint density at radius 3 is 2.58 bits per heavy atom. The minimum Gasteiger partial charge on any atom is -0.377 e. The molecule has 0 bridgehead atoms. The largest absolute Gasteiger partial charge is 0.377 e. The Morgan fingerprint density at radius 1 is 1.31 bits per heavy atom. The van der Waals surface area contributed by atoms with E-state index in [1.54, 1.807) is 26.2 Å². The SMILES string of the molecule is CO[C@@]12CC[C@@H](NC(C)=O)C[C@@H]1N(Cc1ccc(S(C)(=O)=O)cc1)CC2. The molecule has 2 aliphatic rings. The molecule has 1 heterocycles. The number of hydrogen-bond donors (Lipinski definition) is 1. The fourth-order valence-electron chi connectivity index (χ4n) is 4.47. The van der Waals surface area contributed by atoms with Crippen LogP contribution in [-0.4, -0.2) is 56.8 Å². The van der Waals surface area contributed by atoms with E-state index in [-0.39, 0.29) is 23.6 Å². The van der Waals surface area contributed by atoms with Crippen LogP contribution in [0.2, 0.25) is 0 Å². The fourth-order valence-corrected chi connectivity index (χ4v) is 5.10. The van der Waals surface area contributed by atoms with Crippen LogP contribution in [-0.2, 0) is 25.9 Å². The maximum Gasteiger partial charge on any atom is 0.217 e. The molecular formula is C19H28N2O4S. The Kier molecular flexibility index (Phi) is 5.42. The fraction of sp³-hybridized carbons (Fsp3) is 0.632. The number of carbonyl (C=O) groups is 1. The van der Waals surface area contributed by atoms with Crippen LogP contribution >= 0.6 is 0 Å². The summed E-state index contributed by atoms with van der Waals surface area (Å²) < 4.78 is 29.2. The third-order valence-electron chi connectivity index (χ3n) is 5.85. The van der Waals surface area contributed by atoms with Gasteiger partial charge in [-0.15, -0.1) is 0 Å². The molecule has 1 aromatic carbocycles. The summed E-state index contributed by atoms with van der Waals surface area (Å²) in [5, 5.41) is 3.06. The highest BCUT2D eigenvalue weighted by Gasteiger charge is 2.50. The van der Waals surface area contributed by atoms with E-state index in [1.165, 1.54) is 6.26 Å². The lowest BCUT2D eigenvalue weighted by Gasteiger charge is -2.44. The van der Waals surface area contributed by atoms with Crippen LogP contribution in [0.15, 0.2) is 29.2 Å². The summed E-state index contributed by atoms with van der Waals surface area (Å²) >= 11 is 0. The molecule has 0 unspecified atom stereocenters. The van der Waals surface area contributed by atoms with Crippen molar-refractivity contribution in [3.8, 4) is 0 Å². The third-order valence-corrected chi connectivity index (χ3v) is 6.97. The number of fused-ring (bicyclic) bond motifs is 1. The monoisotopic (exact) mass is 380 g/mol. The van der Waals surface area contributed by atoms with Crippen molar-refractivity contribution in [2.75, 3.05) is 19.9 Å². The van der Waals surface area contributed by atoms with Gasteiger partial charge in [-0.3, -0.25) is 9.69 Å². The van der Waals surface area contributed by atoms with Gasteiger partial charge in [0.15, 0.2) is 9.84 Å². The van der Waals surface area contributed by atoms with Crippen molar-refractivity contribution in [2.24, 2.45) is 0 Å². The summed E-state index contributed by atoms with van der Waals surface area (Å²) in [6, 6.07) is 7.56. The molecule has 1 N–H and O–H groups in total. The number of nitrogens with zero attached hydrogens (tertiary/aromatic N) is 1. The number of hydrogen-bond acceptors (Lipinski definition) is 5. The number of nitrogens with one attached hydrogen (secondary N) is 1. The molecule has 2 fully saturated rings. The first kappa shape index (κ1) is 19.3. The molecule has 1 amide bonds. The van der Waals surface area contributed by atoms with Gasteiger partial charge in [-0.25, -0.2) is 8.42 Å². The number of benzene rings is 1. The van der Waals surface area contributed by atoms with Crippen molar-refractivity contribution >= 4 is 15.7 Å². The zero-order valence-electron chi connectivity index (χ0n) is 15.7. The van der Waals surface area contributed by atoms with Gasteiger partial charge in [0, 0.05) is 45.5 Å². The van der Waals surface area contributed by atoms with Crippen LogP contribution in [0.4, 0.5) is 0 Å². The van der Waals surface area contributed by atoms with Crippen molar-refractivity contribution in [2.45, 2.75) is 61.7 Å². The molecule has 0 spiro atoms. The average molecular weight is 381 g/mol. The number of sulfone groups is 1. The second kappa shape index (κ2) is 7.29. The van der Waals surface area contributed by atoms with E-state index in [4.69, 9.17) is 4.74 Å².